The fraction of sp³-hybridized carbons (Fsp3) is 0.714. The van der Waals surface area contributed by atoms with Crippen LogP contribution in [0.1, 0.15) is 63.8 Å². The maximum absolute atomic E-state index is 13.3. The molecule has 112 valence electrons. The van der Waals surface area contributed by atoms with Gasteiger partial charge in [0, 0.05) is 10.4 Å². The molecule has 0 aromatic carbocycles. The third kappa shape index (κ3) is 3.05. The quantitative estimate of drug-likeness (QED) is 0.578. The first kappa shape index (κ1) is 15.5. The molecule has 6 heteroatoms. The molecule has 1 aromatic rings. The molecule has 0 atom stereocenters. The van der Waals surface area contributed by atoms with Gasteiger partial charge in [-0.15, -0.1) is 0 Å². The number of hydrogen-bond acceptors (Lipinski definition) is 2. The summed E-state index contributed by atoms with van der Waals surface area (Å²) in [6, 6.07) is -0.178. The van der Waals surface area contributed by atoms with Gasteiger partial charge in [-0.2, -0.15) is 18.3 Å². The molecule has 1 aliphatic carbocycles. The van der Waals surface area contributed by atoms with Gasteiger partial charge >= 0.3 is 6.18 Å². The second-order valence-electron chi connectivity index (χ2n) is 6.30. The van der Waals surface area contributed by atoms with Crippen molar-refractivity contribution in [2.24, 2.45) is 5.41 Å². The smallest absolute Gasteiger partial charge is 0.257 e. The number of alkyl halides is 3. The third-order valence-corrected chi connectivity index (χ3v) is 4.32. The van der Waals surface area contributed by atoms with Gasteiger partial charge in [-0.3, -0.25) is 4.68 Å². The van der Waals surface area contributed by atoms with Gasteiger partial charge < -0.3 is 0 Å². The number of halogens is 3. The van der Waals surface area contributed by atoms with E-state index in [-0.39, 0.29) is 21.9 Å². The number of aromatic nitrogens is 2. The summed E-state index contributed by atoms with van der Waals surface area (Å²) in [6.07, 6.45) is 0.132. The summed E-state index contributed by atoms with van der Waals surface area (Å²) in [5.74, 6) is 0. The Morgan fingerprint density at radius 3 is 2.35 bits per heavy atom. The maximum Gasteiger partial charge on any atom is 0.433 e. The predicted octanol–water partition coefficient (Wildman–Crippen LogP) is 4.78. The van der Waals surface area contributed by atoms with E-state index in [0.717, 1.165) is 30.4 Å². The van der Waals surface area contributed by atoms with Crippen LogP contribution >= 0.6 is 12.2 Å². The summed E-state index contributed by atoms with van der Waals surface area (Å²) in [5, 5.41) is 3.98. The highest BCUT2D eigenvalue weighted by molar-refractivity contribution is 7.80. The molecular weight excluding hydrogens is 285 g/mol. The molecule has 1 aromatic heterocycles. The fourth-order valence-corrected chi connectivity index (χ4v) is 2.96. The van der Waals surface area contributed by atoms with Crippen molar-refractivity contribution in [2.45, 2.75) is 58.7 Å². The highest BCUT2D eigenvalue weighted by Gasteiger charge is 2.41. The molecule has 2 nitrogen and oxygen atoms in total. The van der Waals surface area contributed by atoms with Gasteiger partial charge in [0.25, 0.3) is 0 Å². The molecule has 1 aliphatic rings. The van der Waals surface area contributed by atoms with Crippen LogP contribution in [0.25, 0.3) is 0 Å². The highest BCUT2D eigenvalue weighted by Crippen LogP contribution is 2.42. The minimum absolute atomic E-state index is 0.0392. The Labute approximate surface area is 122 Å². The Bertz CT molecular complexity index is 507. The lowest BCUT2D eigenvalue weighted by Crippen LogP contribution is -2.27. The fourth-order valence-electron chi connectivity index (χ4n) is 2.81. The van der Waals surface area contributed by atoms with E-state index in [1.165, 1.54) is 13.1 Å². The molecule has 0 spiro atoms. The lowest BCUT2D eigenvalue weighted by molar-refractivity contribution is -0.145. The van der Waals surface area contributed by atoms with Gasteiger partial charge in [0.05, 0.1) is 12.2 Å². The topological polar surface area (TPSA) is 17.8 Å². The van der Waals surface area contributed by atoms with E-state index in [9.17, 15) is 13.2 Å². The van der Waals surface area contributed by atoms with Crippen molar-refractivity contribution < 1.29 is 13.2 Å². The summed E-state index contributed by atoms with van der Waals surface area (Å²) in [4.78, 5) is 0.236. The molecule has 1 fully saturated rings. The van der Waals surface area contributed by atoms with E-state index >= 15 is 0 Å². The standard InChI is InChI=1S/C14H19F3N2S/c1-9(20)11-8-18-19(12(11)14(15,16)17)10-4-6-13(2,3)7-5-10/h8,10H,4-7H2,1-3H3. The zero-order chi connectivity index (χ0) is 15.1. The Morgan fingerprint density at radius 1 is 1.35 bits per heavy atom. The van der Waals surface area contributed by atoms with Crippen molar-refractivity contribution >= 4 is 17.1 Å². The summed E-state index contributed by atoms with van der Waals surface area (Å²) >= 11 is 4.92. The summed E-state index contributed by atoms with van der Waals surface area (Å²) in [5.41, 5.74) is -0.433. The first-order chi connectivity index (χ1) is 9.12. The average Bonchev–Trinajstić information content (AvgIpc) is 2.73. The van der Waals surface area contributed by atoms with E-state index in [0.29, 0.717) is 0 Å². The monoisotopic (exact) mass is 304 g/mol. The van der Waals surface area contributed by atoms with Crippen molar-refractivity contribution in [3.05, 3.63) is 17.5 Å². The van der Waals surface area contributed by atoms with E-state index in [4.69, 9.17) is 12.2 Å². The number of rotatable bonds is 2. The van der Waals surface area contributed by atoms with Crippen LogP contribution < -0.4 is 0 Å². The van der Waals surface area contributed by atoms with Gasteiger partial charge in [0.2, 0.25) is 0 Å². The van der Waals surface area contributed by atoms with Gasteiger partial charge in [-0.1, -0.05) is 26.1 Å². The first-order valence-corrected chi connectivity index (χ1v) is 7.18. The van der Waals surface area contributed by atoms with Gasteiger partial charge in [0.1, 0.15) is 0 Å². The minimum Gasteiger partial charge on any atom is -0.257 e. The number of nitrogens with zero attached hydrogens (tertiary/aromatic N) is 2. The van der Waals surface area contributed by atoms with Crippen molar-refractivity contribution in [1.82, 2.24) is 9.78 Å². The van der Waals surface area contributed by atoms with Crippen LogP contribution in [-0.4, -0.2) is 14.6 Å². The van der Waals surface area contributed by atoms with Gasteiger partial charge in [-0.25, -0.2) is 0 Å². The molecule has 0 bridgehead atoms. The molecule has 2 rings (SSSR count). The Morgan fingerprint density at radius 2 is 1.90 bits per heavy atom. The van der Waals surface area contributed by atoms with E-state index < -0.39 is 11.9 Å². The Kier molecular flexibility index (Phi) is 3.97. The minimum atomic E-state index is -4.42. The molecule has 0 saturated heterocycles. The van der Waals surface area contributed by atoms with E-state index in [1.807, 2.05) is 0 Å². The van der Waals surface area contributed by atoms with Crippen LogP contribution in [0.4, 0.5) is 13.2 Å². The number of hydrogen-bond donors (Lipinski definition) is 0. The SMILES string of the molecule is CC(=S)c1cnn(C2CCC(C)(C)CC2)c1C(F)(F)F. The zero-order valence-corrected chi connectivity index (χ0v) is 12.7. The molecule has 0 amide bonds. The lowest BCUT2D eigenvalue weighted by Gasteiger charge is -2.35. The average molecular weight is 304 g/mol. The van der Waals surface area contributed by atoms with Crippen molar-refractivity contribution in [1.29, 1.82) is 0 Å². The van der Waals surface area contributed by atoms with Crippen LogP contribution in [0.15, 0.2) is 6.20 Å². The molecule has 20 heavy (non-hydrogen) atoms. The summed E-state index contributed by atoms with van der Waals surface area (Å²) < 4.78 is 41.0. The van der Waals surface area contributed by atoms with E-state index in [1.54, 1.807) is 0 Å². The largest absolute Gasteiger partial charge is 0.433 e. The molecule has 1 saturated carbocycles. The van der Waals surface area contributed by atoms with Gasteiger partial charge in [-0.05, 0) is 38.0 Å². The van der Waals surface area contributed by atoms with Crippen molar-refractivity contribution in [3.8, 4) is 0 Å². The lowest BCUT2D eigenvalue weighted by atomic mass is 9.75. The summed E-state index contributed by atoms with van der Waals surface area (Å²) in [7, 11) is 0. The van der Waals surface area contributed by atoms with Crippen molar-refractivity contribution in [2.75, 3.05) is 0 Å². The predicted molar refractivity (Wildman–Crippen MR) is 75.9 cm³/mol. The maximum atomic E-state index is 13.3. The van der Waals surface area contributed by atoms with Crippen LogP contribution in [0.2, 0.25) is 0 Å². The zero-order valence-electron chi connectivity index (χ0n) is 11.9. The van der Waals surface area contributed by atoms with Crippen LogP contribution in [0, 0.1) is 5.41 Å². The second kappa shape index (κ2) is 5.13. The first-order valence-electron chi connectivity index (χ1n) is 6.77. The van der Waals surface area contributed by atoms with Gasteiger partial charge in [0.15, 0.2) is 5.69 Å². The molecule has 0 radical (unpaired) electrons. The molecule has 1 heterocycles. The second-order valence-corrected chi connectivity index (χ2v) is 6.91. The highest BCUT2D eigenvalue weighted by atomic mass is 32.1. The Hall–Kier alpha value is -0.910. The normalized spacial score (nSPS) is 20.1. The summed E-state index contributed by atoms with van der Waals surface area (Å²) in [6.45, 7) is 5.82. The molecular formula is C14H19F3N2S. The van der Waals surface area contributed by atoms with Crippen molar-refractivity contribution in [3.63, 3.8) is 0 Å². The van der Waals surface area contributed by atoms with Crippen LogP contribution in [-0.2, 0) is 6.18 Å². The van der Waals surface area contributed by atoms with E-state index in [2.05, 4.69) is 18.9 Å². The Balaban J connectivity index is 2.36. The molecule has 0 unspecified atom stereocenters. The molecule has 0 aliphatic heterocycles. The van der Waals surface area contributed by atoms with Crippen LogP contribution in [0.5, 0.6) is 0 Å². The molecule has 0 N–H and O–H groups in total. The number of thiocarbonyl (C=S) groups is 1. The van der Waals surface area contributed by atoms with Crippen LogP contribution in [0.3, 0.4) is 0 Å². The third-order valence-electron chi connectivity index (χ3n) is 4.10.